The molecule has 0 saturated heterocycles. The summed E-state index contributed by atoms with van der Waals surface area (Å²) in [5.74, 6) is 6.79. The predicted molar refractivity (Wildman–Crippen MR) is 157 cm³/mol. The monoisotopic (exact) mass is 485 g/mol. The van der Waals surface area contributed by atoms with E-state index in [9.17, 15) is 0 Å². The molecule has 35 heavy (non-hydrogen) atoms. The zero-order valence-corrected chi connectivity index (χ0v) is 25.4. The van der Waals surface area contributed by atoms with E-state index in [1.165, 1.54) is 103 Å². The van der Waals surface area contributed by atoms with Gasteiger partial charge in [0.05, 0.1) is 0 Å². The summed E-state index contributed by atoms with van der Waals surface area (Å²) in [5.41, 5.74) is 3.09. The Balaban J connectivity index is 0.000000795. The lowest BCUT2D eigenvalue weighted by Crippen LogP contribution is -2.50. The Morgan fingerprint density at radius 3 is 2.23 bits per heavy atom. The minimum absolute atomic E-state index is 0.550. The summed E-state index contributed by atoms with van der Waals surface area (Å²) in [7, 11) is 0. The molecule has 0 aromatic heterocycles. The lowest BCUT2D eigenvalue weighted by Gasteiger charge is -2.58. The Hall–Kier alpha value is -0.260. The molecule has 3 saturated carbocycles. The molecule has 0 heterocycles. The van der Waals surface area contributed by atoms with Crippen molar-refractivity contribution >= 4 is 0 Å². The van der Waals surface area contributed by atoms with E-state index in [2.05, 4.69) is 61.5 Å². The second kappa shape index (κ2) is 13.0. The van der Waals surface area contributed by atoms with Gasteiger partial charge in [-0.05, 0) is 104 Å². The third kappa shape index (κ3) is 6.42. The van der Waals surface area contributed by atoms with E-state index in [4.69, 9.17) is 0 Å². The fraction of sp³-hybridized carbons (Fsp3) is 0.943. The van der Waals surface area contributed by atoms with Crippen LogP contribution in [0.1, 0.15) is 158 Å². The van der Waals surface area contributed by atoms with Crippen molar-refractivity contribution < 1.29 is 0 Å². The minimum Gasteiger partial charge on any atom is -0.0845 e. The van der Waals surface area contributed by atoms with Crippen molar-refractivity contribution in [1.29, 1.82) is 0 Å². The first kappa shape index (κ1) is 29.3. The molecule has 204 valence electrons. The van der Waals surface area contributed by atoms with Gasteiger partial charge in [-0.2, -0.15) is 0 Å². The van der Waals surface area contributed by atoms with Crippen LogP contribution in [0.15, 0.2) is 11.6 Å². The number of rotatable bonds is 9. The first-order chi connectivity index (χ1) is 16.7. The molecular weight excluding hydrogens is 420 g/mol. The van der Waals surface area contributed by atoms with Crippen molar-refractivity contribution in [3.63, 3.8) is 0 Å². The summed E-state index contributed by atoms with van der Waals surface area (Å²) in [4.78, 5) is 0. The van der Waals surface area contributed by atoms with E-state index in [0.717, 1.165) is 41.4 Å². The van der Waals surface area contributed by atoms with E-state index in [1.807, 2.05) is 5.57 Å². The van der Waals surface area contributed by atoms with Gasteiger partial charge in [-0.25, -0.2) is 0 Å². The zero-order valence-electron chi connectivity index (χ0n) is 25.4. The average Bonchev–Trinajstić information content (AvgIpc) is 3.19. The molecule has 0 nitrogen and oxygen atoms in total. The molecule has 3 fully saturated rings. The summed E-state index contributed by atoms with van der Waals surface area (Å²) in [6, 6.07) is 0. The Labute approximate surface area is 221 Å². The van der Waals surface area contributed by atoms with Crippen LogP contribution in [0.3, 0.4) is 0 Å². The van der Waals surface area contributed by atoms with Crippen molar-refractivity contribution in [2.24, 2.45) is 52.3 Å². The highest BCUT2D eigenvalue weighted by Gasteiger charge is 2.59. The first-order valence-electron chi connectivity index (χ1n) is 16.4. The second-order valence-electron chi connectivity index (χ2n) is 14.5. The van der Waals surface area contributed by atoms with Crippen molar-refractivity contribution in [3.8, 4) is 0 Å². The predicted octanol–water partition coefficient (Wildman–Crippen LogP) is 11.6. The summed E-state index contributed by atoms with van der Waals surface area (Å²) < 4.78 is 0. The number of fused-ring (bicyclic) bond motifs is 5. The van der Waals surface area contributed by atoms with Gasteiger partial charge in [-0.15, -0.1) is 0 Å². The van der Waals surface area contributed by atoms with E-state index in [1.54, 1.807) is 0 Å². The summed E-state index contributed by atoms with van der Waals surface area (Å²) in [6.07, 6.45) is 26.1. The van der Waals surface area contributed by atoms with E-state index < -0.39 is 0 Å². The minimum atomic E-state index is 0.550. The highest BCUT2D eigenvalue weighted by molar-refractivity contribution is 5.25. The van der Waals surface area contributed by atoms with E-state index in [-0.39, 0.29) is 0 Å². The SMILES string of the molecule is CCCC.CCCCC1CCC2(C)C(=CCC3C2CCC2(C)C(C(C)CCCC(C)C)CCC32)C1. The third-order valence-corrected chi connectivity index (χ3v) is 11.9. The molecule has 0 radical (unpaired) electrons. The highest BCUT2D eigenvalue weighted by atomic mass is 14.6. The Kier molecular flexibility index (Phi) is 10.9. The fourth-order valence-electron chi connectivity index (χ4n) is 9.50. The lowest BCUT2D eigenvalue weighted by atomic mass is 9.46. The van der Waals surface area contributed by atoms with Gasteiger partial charge in [0.1, 0.15) is 0 Å². The topological polar surface area (TPSA) is 0 Å². The van der Waals surface area contributed by atoms with Crippen molar-refractivity contribution in [1.82, 2.24) is 0 Å². The molecule has 8 atom stereocenters. The van der Waals surface area contributed by atoms with Crippen LogP contribution in [0.2, 0.25) is 0 Å². The Morgan fingerprint density at radius 1 is 0.829 bits per heavy atom. The van der Waals surface area contributed by atoms with E-state index >= 15 is 0 Å². The standard InChI is InChI=1S/C31H54.C4H10/c1-7-8-12-24-17-19-30(5)25(21-24)13-14-26-28-16-15-27(23(4)11-9-10-22(2)3)31(28,6)20-18-29(26)30;1-3-4-2/h13,22-24,26-29H,7-12,14-21H2,1-6H3;3-4H2,1-2H3. The number of allylic oxidation sites excluding steroid dienone is 2. The van der Waals surface area contributed by atoms with Crippen LogP contribution in [-0.2, 0) is 0 Å². The van der Waals surface area contributed by atoms with Crippen LogP contribution in [0.4, 0.5) is 0 Å². The normalized spacial score (nSPS) is 39.1. The van der Waals surface area contributed by atoms with Crippen molar-refractivity contribution in [3.05, 3.63) is 11.6 Å². The van der Waals surface area contributed by atoms with Crippen LogP contribution in [-0.4, -0.2) is 0 Å². The third-order valence-electron chi connectivity index (χ3n) is 11.9. The lowest BCUT2D eigenvalue weighted by molar-refractivity contribution is -0.0529. The molecule has 0 aromatic rings. The second-order valence-corrected chi connectivity index (χ2v) is 14.5. The molecule has 0 aromatic carbocycles. The summed E-state index contributed by atoms with van der Waals surface area (Å²) >= 11 is 0. The van der Waals surface area contributed by atoms with Crippen LogP contribution in [0.5, 0.6) is 0 Å². The number of unbranched alkanes of at least 4 members (excludes halogenated alkanes) is 2. The van der Waals surface area contributed by atoms with Gasteiger partial charge in [0.15, 0.2) is 0 Å². The number of hydrogen-bond donors (Lipinski definition) is 0. The molecule has 4 aliphatic rings. The van der Waals surface area contributed by atoms with Gasteiger partial charge in [0.2, 0.25) is 0 Å². The van der Waals surface area contributed by atoms with Crippen LogP contribution in [0.25, 0.3) is 0 Å². The maximum atomic E-state index is 2.80. The van der Waals surface area contributed by atoms with E-state index in [0.29, 0.717) is 10.8 Å². The molecule has 0 amide bonds. The van der Waals surface area contributed by atoms with Gasteiger partial charge in [0, 0.05) is 0 Å². The molecule has 4 aliphatic carbocycles. The molecule has 0 bridgehead atoms. The summed E-state index contributed by atoms with van der Waals surface area (Å²) in [6.45, 7) is 19.6. The maximum absolute atomic E-state index is 2.80. The van der Waals surface area contributed by atoms with Gasteiger partial charge < -0.3 is 0 Å². The van der Waals surface area contributed by atoms with Crippen molar-refractivity contribution in [2.45, 2.75) is 158 Å². The number of hydrogen-bond acceptors (Lipinski definition) is 0. The van der Waals surface area contributed by atoms with Crippen LogP contribution < -0.4 is 0 Å². The van der Waals surface area contributed by atoms with Gasteiger partial charge in [0.25, 0.3) is 0 Å². The Bertz CT molecular complexity index is 655. The van der Waals surface area contributed by atoms with Gasteiger partial charge in [-0.1, -0.05) is 118 Å². The van der Waals surface area contributed by atoms with Crippen LogP contribution >= 0.6 is 0 Å². The zero-order chi connectivity index (χ0) is 25.6. The molecule has 0 spiro atoms. The maximum Gasteiger partial charge on any atom is -0.00851 e. The molecule has 4 rings (SSSR count). The quantitative estimate of drug-likeness (QED) is 0.285. The van der Waals surface area contributed by atoms with Gasteiger partial charge >= 0.3 is 0 Å². The molecule has 0 aliphatic heterocycles. The summed E-state index contributed by atoms with van der Waals surface area (Å²) in [5, 5.41) is 0. The average molecular weight is 485 g/mol. The Morgan fingerprint density at radius 2 is 1.57 bits per heavy atom. The fourth-order valence-corrected chi connectivity index (χ4v) is 9.50. The smallest absolute Gasteiger partial charge is 0.00851 e. The molecule has 0 heteroatoms. The molecular formula is C35H64. The first-order valence-corrected chi connectivity index (χ1v) is 16.4. The highest BCUT2D eigenvalue weighted by Crippen LogP contribution is 2.67. The van der Waals surface area contributed by atoms with Crippen LogP contribution in [0, 0.1) is 52.3 Å². The molecule has 8 unspecified atom stereocenters. The van der Waals surface area contributed by atoms with Crippen molar-refractivity contribution in [2.75, 3.05) is 0 Å². The molecule has 0 N–H and O–H groups in total. The van der Waals surface area contributed by atoms with Gasteiger partial charge in [-0.3, -0.25) is 0 Å². The largest absolute Gasteiger partial charge is 0.0845 e.